The van der Waals surface area contributed by atoms with Gasteiger partial charge >= 0.3 is 0 Å². The van der Waals surface area contributed by atoms with Crippen molar-refractivity contribution >= 4 is 40.5 Å². The number of pyridine rings is 1. The number of likely N-dealkylation sites (N-methyl/N-ethyl adjacent to an activating group) is 1. The topological polar surface area (TPSA) is 111 Å². The van der Waals surface area contributed by atoms with Gasteiger partial charge in [0.05, 0.1) is 40.8 Å². The summed E-state index contributed by atoms with van der Waals surface area (Å²) in [5, 5.41) is 17.0. The third kappa shape index (κ3) is 4.66. The minimum atomic E-state index is -0.730. The lowest BCUT2D eigenvalue weighted by Gasteiger charge is -2.23. The van der Waals surface area contributed by atoms with Gasteiger partial charge in [-0.25, -0.2) is 4.52 Å². The lowest BCUT2D eigenvalue weighted by molar-refractivity contribution is -0.131. The Morgan fingerprint density at radius 3 is 2.73 bits per heavy atom. The van der Waals surface area contributed by atoms with Crippen LogP contribution in [0.4, 0.5) is 5.69 Å². The summed E-state index contributed by atoms with van der Waals surface area (Å²) < 4.78 is 1.49. The van der Waals surface area contributed by atoms with E-state index in [1.807, 2.05) is 18.2 Å². The molecular weight excluding hydrogens is 444 g/mol. The number of amides is 3. The van der Waals surface area contributed by atoms with Gasteiger partial charge in [0.1, 0.15) is 6.04 Å². The van der Waals surface area contributed by atoms with E-state index in [4.69, 9.17) is 11.6 Å². The van der Waals surface area contributed by atoms with Crippen molar-refractivity contribution < 1.29 is 14.4 Å². The molecule has 3 heterocycles. The molecule has 2 unspecified atom stereocenters. The Morgan fingerprint density at radius 2 is 2.00 bits per heavy atom. The number of nitrogens with one attached hydrogen (secondary N) is 1. The van der Waals surface area contributed by atoms with E-state index in [0.717, 1.165) is 0 Å². The summed E-state index contributed by atoms with van der Waals surface area (Å²) in [7, 11) is 1.51. The number of carbonyl (C=O) groups is 3. The number of rotatable bonds is 5. The molecule has 0 bridgehead atoms. The highest BCUT2D eigenvalue weighted by molar-refractivity contribution is 6.30. The summed E-state index contributed by atoms with van der Waals surface area (Å²) in [5.41, 5.74) is 1.55. The molecule has 0 radical (unpaired) electrons. The van der Waals surface area contributed by atoms with Crippen LogP contribution in [0.3, 0.4) is 0 Å². The fourth-order valence-corrected chi connectivity index (χ4v) is 4.04. The quantitative estimate of drug-likeness (QED) is 0.623. The molecule has 0 aliphatic carbocycles. The fourth-order valence-electron chi connectivity index (χ4n) is 3.88. The minimum absolute atomic E-state index is 0.118. The number of carbonyl (C=O) groups excluding carboxylic acids is 3. The van der Waals surface area contributed by atoms with Gasteiger partial charge in [0.15, 0.2) is 0 Å². The van der Waals surface area contributed by atoms with Crippen LogP contribution in [-0.2, 0) is 9.59 Å². The van der Waals surface area contributed by atoms with Crippen molar-refractivity contribution in [3.05, 3.63) is 65.4 Å². The summed E-state index contributed by atoms with van der Waals surface area (Å²) in [5.74, 6) is -1.53. The summed E-state index contributed by atoms with van der Waals surface area (Å²) in [6, 6.07) is 13.7. The van der Waals surface area contributed by atoms with Crippen LogP contribution in [0.5, 0.6) is 0 Å². The number of halogens is 1. The maximum atomic E-state index is 12.9. The van der Waals surface area contributed by atoms with Crippen LogP contribution in [-0.4, -0.2) is 63.3 Å². The first kappa shape index (κ1) is 22.3. The molecule has 1 saturated heterocycles. The van der Waals surface area contributed by atoms with Crippen LogP contribution in [0.15, 0.2) is 54.9 Å². The van der Waals surface area contributed by atoms with E-state index in [1.165, 1.54) is 27.6 Å². The standard InChI is InChI=1S/C23H21ClN6O3/c1-28(23(33)19-11-26-30-13-16(24)7-8-20(19)30)14-21(31)29-12-15(9-18(29)10-25)22(32)27-17-5-3-2-4-6-17/h2-8,11,13,15,18H,9,12,14H2,1H3,(H,27,32). The molecule has 10 heteroatoms. The molecule has 2 atom stereocenters. The molecule has 1 fully saturated rings. The van der Waals surface area contributed by atoms with E-state index in [0.29, 0.717) is 21.8 Å². The second-order valence-electron chi connectivity index (χ2n) is 7.88. The minimum Gasteiger partial charge on any atom is -0.332 e. The summed E-state index contributed by atoms with van der Waals surface area (Å²) in [4.78, 5) is 41.2. The Kier molecular flexibility index (Phi) is 6.29. The monoisotopic (exact) mass is 464 g/mol. The number of para-hydroxylation sites is 1. The largest absolute Gasteiger partial charge is 0.332 e. The number of aromatic nitrogens is 2. The SMILES string of the molecule is CN(CC(=O)N1CC(C(=O)Nc2ccccc2)CC1C#N)C(=O)c1cnn2cc(Cl)ccc12. The van der Waals surface area contributed by atoms with Gasteiger partial charge in [-0.15, -0.1) is 0 Å². The Morgan fingerprint density at radius 1 is 1.24 bits per heavy atom. The van der Waals surface area contributed by atoms with E-state index < -0.39 is 17.9 Å². The molecule has 3 aromatic rings. The van der Waals surface area contributed by atoms with Crippen LogP contribution in [0, 0.1) is 17.2 Å². The third-order valence-electron chi connectivity index (χ3n) is 5.61. The number of hydrogen-bond donors (Lipinski definition) is 1. The summed E-state index contributed by atoms with van der Waals surface area (Å²) in [6.45, 7) is -0.109. The van der Waals surface area contributed by atoms with Crippen LogP contribution in [0.25, 0.3) is 5.52 Å². The molecule has 0 saturated carbocycles. The Labute approximate surface area is 195 Å². The van der Waals surface area contributed by atoms with Crippen LogP contribution in [0.2, 0.25) is 5.02 Å². The zero-order chi connectivity index (χ0) is 23.5. The predicted octanol–water partition coefficient (Wildman–Crippen LogP) is 2.44. The van der Waals surface area contributed by atoms with E-state index in [1.54, 1.807) is 30.5 Å². The second kappa shape index (κ2) is 9.30. The van der Waals surface area contributed by atoms with Crippen molar-refractivity contribution in [3.8, 4) is 6.07 Å². The number of anilines is 1. The maximum Gasteiger partial charge on any atom is 0.257 e. The smallest absolute Gasteiger partial charge is 0.257 e. The molecule has 33 heavy (non-hydrogen) atoms. The van der Waals surface area contributed by atoms with Gasteiger partial charge in [-0.1, -0.05) is 29.8 Å². The molecule has 1 N–H and O–H groups in total. The molecule has 0 spiro atoms. The molecular formula is C23H21ClN6O3. The first-order valence-electron chi connectivity index (χ1n) is 10.3. The van der Waals surface area contributed by atoms with Gasteiger partial charge < -0.3 is 15.1 Å². The van der Waals surface area contributed by atoms with E-state index in [-0.39, 0.29) is 31.3 Å². The normalized spacial score (nSPS) is 17.5. The molecule has 168 valence electrons. The highest BCUT2D eigenvalue weighted by Crippen LogP contribution is 2.25. The average molecular weight is 465 g/mol. The predicted molar refractivity (Wildman–Crippen MR) is 121 cm³/mol. The molecule has 1 aromatic carbocycles. The Bertz CT molecular complexity index is 1250. The molecule has 9 nitrogen and oxygen atoms in total. The molecule has 2 aromatic heterocycles. The second-order valence-corrected chi connectivity index (χ2v) is 8.31. The van der Waals surface area contributed by atoms with E-state index in [2.05, 4.69) is 16.5 Å². The highest BCUT2D eigenvalue weighted by Gasteiger charge is 2.39. The lowest BCUT2D eigenvalue weighted by Crippen LogP contribution is -2.43. The van der Waals surface area contributed by atoms with Gasteiger partial charge in [-0.3, -0.25) is 14.4 Å². The number of hydrogen-bond acceptors (Lipinski definition) is 5. The van der Waals surface area contributed by atoms with Crippen molar-refractivity contribution in [1.29, 1.82) is 5.26 Å². The van der Waals surface area contributed by atoms with Gasteiger partial charge in [0.2, 0.25) is 11.8 Å². The first-order valence-corrected chi connectivity index (χ1v) is 10.7. The zero-order valence-corrected chi connectivity index (χ0v) is 18.6. The number of nitriles is 1. The number of nitrogens with zero attached hydrogens (tertiary/aromatic N) is 5. The van der Waals surface area contributed by atoms with Gasteiger partial charge in [0, 0.05) is 25.5 Å². The highest BCUT2D eigenvalue weighted by atomic mass is 35.5. The fraction of sp³-hybridized carbons (Fsp3) is 0.261. The zero-order valence-electron chi connectivity index (χ0n) is 17.8. The molecule has 1 aliphatic rings. The number of benzene rings is 1. The van der Waals surface area contributed by atoms with Gasteiger partial charge in [0.25, 0.3) is 5.91 Å². The molecule has 1 aliphatic heterocycles. The Balaban J connectivity index is 1.41. The van der Waals surface area contributed by atoms with Crippen molar-refractivity contribution in [2.24, 2.45) is 5.92 Å². The third-order valence-corrected chi connectivity index (χ3v) is 5.84. The summed E-state index contributed by atoms with van der Waals surface area (Å²) >= 11 is 5.96. The lowest BCUT2D eigenvalue weighted by atomic mass is 10.1. The molecule has 3 amide bonds. The van der Waals surface area contributed by atoms with Crippen LogP contribution < -0.4 is 5.32 Å². The molecule has 4 rings (SSSR count). The van der Waals surface area contributed by atoms with Crippen molar-refractivity contribution in [3.63, 3.8) is 0 Å². The van der Waals surface area contributed by atoms with E-state index >= 15 is 0 Å². The van der Waals surface area contributed by atoms with Crippen LogP contribution in [0.1, 0.15) is 16.8 Å². The van der Waals surface area contributed by atoms with Gasteiger partial charge in [-0.2, -0.15) is 10.4 Å². The number of likely N-dealkylation sites (tertiary alicyclic amines) is 1. The first-order chi connectivity index (χ1) is 15.9. The van der Waals surface area contributed by atoms with E-state index in [9.17, 15) is 19.6 Å². The van der Waals surface area contributed by atoms with Crippen molar-refractivity contribution in [2.45, 2.75) is 12.5 Å². The summed E-state index contributed by atoms with van der Waals surface area (Å²) in [6.07, 6.45) is 3.25. The Hall–Kier alpha value is -3.90. The van der Waals surface area contributed by atoms with Crippen LogP contribution >= 0.6 is 11.6 Å². The average Bonchev–Trinajstić information content (AvgIpc) is 3.43. The van der Waals surface area contributed by atoms with Gasteiger partial charge in [-0.05, 0) is 30.7 Å². The maximum absolute atomic E-state index is 12.9. The van der Waals surface area contributed by atoms with Crippen molar-refractivity contribution in [2.75, 3.05) is 25.5 Å². The van der Waals surface area contributed by atoms with Crippen molar-refractivity contribution in [1.82, 2.24) is 19.4 Å². The number of fused-ring (bicyclic) bond motifs is 1.